The summed E-state index contributed by atoms with van der Waals surface area (Å²) in [7, 11) is 5.32. The van der Waals surface area contributed by atoms with Crippen LogP contribution in [-0.4, -0.2) is 48.9 Å². The molecule has 0 spiro atoms. The molecule has 2 radical (unpaired) electrons. The van der Waals surface area contributed by atoms with Crippen molar-refractivity contribution < 1.29 is 14.9 Å². The van der Waals surface area contributed by atoms with Gasteiger partial charge in [0.05, 0.1) is 18.8 Å². The smallest absolute Gasteiger partial charge is 0.111 e. The zero-order valence-corrected chi connectivity index (χ0v) is 5.47. The van der Waals surface area contributed by atoms with Gasteiger partial charge in [-0.15, -0.1) is 0 Å². The predicted molar refractivity (Wildman–Crippen MR) is 35.5 cm³/mol. The van der Waals surface area contributed by atoms with Gasteiger partial charge in [0.25, 0.3) is 0 Å². The summed E-state index contributed by atoms with van der Waals surface area (Å²) in [5, 5.41) is 17.7. The van der Waals surface area contributed by atoms with E-state index < -0.39 is 24.3 Å². The first-order valence-electron chi connectivity index (χ1n) is 3.12. The first kappa shape index (κ1) is 8.01. The average Bonchev–Trinajstić information content (AvgIpc) is 2.17. The molecule has 1 rings (SSSR count). The highest BCUT2D eigenvalue weighted by Gasteiger charge is 2.37. The maximum atomic E-state index is 9.14. The summed E-state index contributed by atoms with van der Waals surface area (Å²) < 4.78 is 4.89. The van der Waals surface area contributed by atoms with Crippen molar-refractivity contribution in [2.75, 3.05) is 6.61 Å². The molecule has 4 N–H and O–H groups in total. The van der Waals surface area contributed by atoms with E-state index in [1.165, 1.54) is 0 Å². The highest BCUT2D eigenvalue weighted by Crippen LogP contribution is 2.16. The quantitative estimate of drug-likeness (QED) is 0.356. The summed E-state index contributed by atoms with van der Waals surface area (Å²) in [6, 6.07) is -1.25. The standard InChI is InChI=1S/C5H10BNO3/c6-5-3(7)4(9)2(1-8)10-5/h2-5,8-9H,1,7H2/t2-,3-,4-,5-/m1/s1. The lowest BCUT2D eigenvalue weighted by Crippen LogP contribution is -2.41. The molecule has 0 amide bonds. The van der Waals surface area contributed by atoms with Crippen LogP contribution in [0.3, 0.4) is 0 Å². The molecule has 1 aliphatic rings. The first-order valence-corrected chi connectivity index (χ1v) is 3.12. The van der Waals surface area contributed by atoms with Gasteiger partial charge in [-0.2, -0.15) is 0 Å². The van der Waals surface area contributed by atoms with E-state index in [1.807, 2.05) is 0 Å². The third kappa shape index (κ3) is 1.18. The molecule has 10 heavy (non-hydrogen) atoms. The molecule has 5 heteroatoms. The topological polar surface area (TPSA) is 75.7 Å². The Morgan fingerprint density at radius 3 is 2.40 bits per heavy atom. The van der Waals surface area contributed by atoms with Crippen molar-refractivity contribution >= 4 is 7.85 Å². The molecule has 0 aliphatic carbocycles. The fraction of sp³-hybridized carbons (Fsp3) is 1.00. The monoisotopic (exact) mass is 143 g/mol. The van der Waals surface area contributed by atoms with E-state index in [1.54, 1.807) is 0 Å². The van der Waals surface area contributed by atoms with Crippen molar-refractivity contribution in [1.82, 2.24) is 0 Å². The average molecular weight is 143 g/mol. The van der Waals surface area contributed by atoms with Crippen LogP contribution in [0.25, 0.3) is 0 Å². The van der Waals surface area contributed by atoms with E-state index in [0.29, 0.717) is 0 Å². The van der Waals surface area contributed by atoms with Crippen LogP contribution in [0.5, 0.6) is 0 Å². The van der Waals surface area contributed by atoms with Crippen molar-refractivity contribution in [3.8, 4) is 0 Å². The van der Waals surface area contributed by atoms with Crippen molar-refractivity contribution in [3.05, 3.63) is 0 Å². The van der Waals surface area contributed by atoms with E-state index in [9.17, 15) is 0 Å². The second-order valence-corrected chi connectivity index (χ2v) is 2.39. The summed E-state index contributed by atoms with van der Waals surface area (Å²) in [6.45, 7) is -0.247. The Bertz CT molecular complexity index is 123. The Hall–Kier alpha value is -0.0951. The summed E-state index contributed by atoms with van der Waals surface area (Å²) in [6.07, 6.45) is -1.47. The molecule has 1 fully saturated rings. The number of hydrogen-bond acceptors (Lipinski definition) is 4. The SMILES string of the molecule is [B][C@@H]1O[C@H](CO)[C@@H](O)[C@H]1N. The van der Waals surface area contributed by atoms with Crippen LogP contribution in [0.1, 0.15) is 0 Å². The number of rotatable bonds is 1. The van der Waals surface area contributed by atoms with E-state index in [-0.39, 0.29) is 6.61 Å². The molecule has 0 aromatic carbocycles. The zero-order chi connectivity index (χ0) is 7.72. The van der Waals surface area contributed by atoms with Crippen LogP contribution in [-0.2, 0) is 4.74 Å². The second kappa shape index (κ2) is 2.88. The maximum absolute atomic E-state index is 9.14. The van der Waals surface area contributed by atoms with Crippen molar-refractivity contribution in [3.63, 3.8) is 0 Å². The molecular formula is C5H10BNO3. The molecule has 1 saturated heterocycles. The van der Waals surface area contributed by atoms with Crippen molar-refractivity contribution in [2.24, 2.45) is 5.73 Å². The van der Waals surface area contributed by atoms with Gasteiger partial charge in [-0.05, 0) is 0 Å². The van der Waals surface area contributed by atoms with Gasteiger partial charge in [0, 0.05) is 6.00 Å². The zero-order valence-electron chi connectivity index (χ0n) is 5.47. The van der Waals surface area contributed by atoms with E-state index in [4.69, 9.17) is 28.5 Å². The molecule has 0 saturated carbocycles. The predicted octanol–water partition coefficient (Wildman–Crippen LogP) is -2.44. The molecule has 0 bridgehead atoms. The van der Waals surface area contributed by atoms with Crippen LogP contribution in [0.4, 0.5) is 0 Å². The van der Waals surface area contributed by atoms with Crippen molar-refractivity contribution in [2.45, 2.75) is 24.3 Å². The summed E-state index contributed by atoms with van der Waals surface area (Å²) >= 11 is 0. The lowest BCUT2D eigenvalue weighted by molar-refractivity contribution is -0.00436. The van der Waals surface area contributed by atoms with Gasteiger partial charge in [-0.1, -0.05) is 0 Å². The lowest BCUT2D eigenvalue weighted by atomic mass is 9.91. The fourth-order valence-electron chi connectivity index (χ4n) is 0.966. The minimum Gasteiger partial charge on any atom is -0.394 e. The summed E-state index contributed by atoms with van der Waals surface area (Å²) in [5.41, 5.74) is 5.38. The molecule has 4 atom stereocenters. The normalized spacial score (nSPS) is 47.9. The van der Waals surface area contributed by atoms with Gasteiger partial charge < -0.3 is 20.7 Å². The number of aliphatic hydroxyl groups is 2. The number of hydrogen-bond donors (Lipinski definition) is 3. The number of aliphatic hydroxyl groups excluding tert-OH is 2. The van der Waals surface area contributed by atoms with Crippen LogP contribution in [0, 0.1) is 0 Å². The first-order chi connectivity index (χ1) is 4.66. The Labute approximate surface area is 60.4 Å². The lowest BCUT2D eigenvalue weighted by Gasteiger charge is -2.11. The van der Waals surface area contributed by atoms with Gasteiger partial charge in [-0.3, -0.25) is 0 Å². The van der Waals surface area contributed by atoms with E-state index in [2.05, 4.69) is 0 Å². The van der Waals surface area contributed by atoms with Gasteiger partial charge >= 0.3 is 0 Å². The molecule has 56 valence electrons. The molecule has 1 heterocycles. The maximum Gasteiger partial charge on any atom is 0.111 e. The van der Waals surface area contributed by atoms with Crippen LogP contribution in [0.15, 0.2) is 0 Å². The Morgan fingerprint density at radius 2 is 2.20 bits per heavy atom. The van der Waals surface area contributed by atoms with E-state index in [0.717, 1.165) is 0 Å². The van der Waals surface area contributed by atoms with Crippen LogP contribution < -0.4 is 5.73 Å². The molecule has 0 unspecified atom stereocenters. The van der Waals surface area contributed by atoms with Gasteiger partial charge in [0.1, 0.15) is 14.0 Å². The summed E-state index contributed by atoms with van der Waals surface area (Å²) in [4.78, 5) is 0. The largest absolute Gasteiger partial charge is 0.394 e. The Morgan fingerprint density at radius 1 is 1.60 bits per heavy atom. The third-order valence-corrected chi connectivity index (χ3v) is 1.67. The molecule has 0 aromatic heterocycles. The fourth-order valence-corrected chi connectivity index (χ4v) is 0.966. The minimum absolute atomic E-state index is 0.247. The second-order valence-electron chi connectivity index (χ2n) is 2.39. The highest BCUT2D eigenvalue weighted by atomic mass is 16.5. The molecule has 4 nitrogen and oxygen atoms in total. The van der Waals surface area contributed by atoms with Crippen LogP contribution >= 0.6 is 0 Å². The third-order valence-electron chi connectivity index (χ3n) is 1.67. The summed E-state index contributed by atoms with van der Waals surface area (Å²) in [5.74, 6) is 0. The number of nitrogens with two attached hydrogens (primary N) is 1. The number of ether oxygens (including phenoxy) is 1. The molecule has 1 aliphatic heterocycles. The highest BCUT2D eigenvalue weighted by molar-refractivity contribution is 6.11. The Kier molecular flexibility index (Phi) is 2.30. The van der Waals surface area contributed by atoms with Crippen molar-refractivity contribution in [1.29, 1.82) is 0 Å². The van der Waals surface area contributed by atoms with Crippen LogP contribution in [0.2, 0.25) is 0 Å². The minimum atomic E-state index is -0.847. The van der Waals surface area contributed by atoms with Gasteiger partial charge in [-0.25, -0.2) is 0 Å². The van der Waals surface area contributed by atoms with E-state index >= 15 is 0 Å². The Balaban J connectivity index is 2.53. The van der Waals surface area contributed by atoms with Gasteiger partial charge in [0.15, 0.2) is 0 Å². The molecule has 0 aromatic rings. The molecular weight excluding hydrogens is 133 g/mol. The van der Waals surface area contributed by atoms with Gasteiger partial charge in [0.2, 0.25) is 0 Å².